The Balaban J connectivity index is 2.15. The fourth-order valence-electron chi connectivity index (χ4n) is 1.71. The van der Waals surface area contributed by atoms with E-state index in [0.717, 1.165) is 6.54 Å². The molecule has 0 unspecified atom stereocenters. The van der Waals surface area contributed by atoms with Crippen LogP contribution < -0.4 is 0 Å². The SMILES string of the molecule is CC(C)N1CCc2cscc2C1. The van der Waals surface area contributed by atoms with Crippen molar-refractivity contribution < 1.29 is 0 Å². The molecule has 0 saturated heterocycles. The van der Waals surface area contributed by atoms with Crippen LogP contribution in [0.5, 0.6) is 0 Å². The molecular weight excluding hydrogens is 166 g/mol. The van der Waals surface area contributed by atoms with Gasteiger partial charge in [0.2, 0.25) is 0 Å². The van der Waals surface area contributed by atoms with Gasteiger partial charge in [-0.1, -0.05) is 0 Å². The van der Waals surface area contributed by atoms with Crippen molar-refractivity contribution in [3.05, 3.63) is 21.9 Å². The summed E-state index contributed by atoms with van der Waals surface area (Å²) in [5.74, 6) is 0. The maximum atomic E-state index is 2.54. The molecule has 1 aromatic rings. The van der Waals surface area contributed by atoms with Crippen molar-refractivity contribution in [2.24, 2.45) is 0 Å². The van der Waals surface area contributed by atoms with Crippen LogP contribution >= 0.6 is 11.3 Å². The molecule has 2 heterocycles. The number of hydrogen-bond acceptors (Lipinski definition) is 2. The molecule has 0 radical (unpaired) electrons. The molecule has 1 aliphatic rings. The first-order valence-corrected chi connectivity index (χ1v) is 5.49. The molecule has 0 bridgehead atoms. The Hall–Kier alpha value is -0.340. The highest BCUT2D eigenvalue weighted by molar-refractivity contribution is 7.08. The molecule has 0 N–H and O–H groups in total. The zero-order chi connectivity index (χ0) is 8.55. The summed E-state index contributed by atoms with van der Waals surface area (Å²) in [6.07, 6.45) is 1.25. The summed E-state index contributed by atoms with van der Waals surface area (Å²) in [6, 6.07) is 0.693. The molecule has 0 aliphatic carbocycles. The van der Waals surface area contributed by atoms with Crippen molar-refractivity contribution >= 4 is 11.3 Å². The van der Waals surface area contributed by atoms with Crippen molar-refractivity contribution in [2.75, 3.05) is 6.54 Å². The van der Waals surface area contributed by atoms with Crippen LogP contribution in [0.25, 0.3) is 0 Å². The molecule has 0 fully saturated rings. The lowest BCUT2D eigenvalue weighted by molar-refractivity contribution is 0.204. The van der Waals surface area contributed by atoms with Gasteiger partial charge in [-0.05, 0) is 42.2 Å². The molecule has 0 saturated carbocycles. The third kappa shape index (κ3) is 1.41. The lowest BCUT2D eigenvalue weighted by Crippen LogP contribution is -2.35. The lowest BCUT2D eigenvalue weighted by Gasteiger charge is -2.30. The van der Waals surface area contributed by atoms with Crippen LogP contribution in [0.15, 0.2) is 10.8 Å². The second kappa shape index (κ2) is 3.19. The highest BCUT2D eigenvalue weighted by Gasteiger charge is 2.18. The highest BCUT2D eigenvalue weighted by Crippen LogP contribution is 2.23. The molecule has 0 spiro atoms. The van der Waals surface area contributed by atoms with Crippen molar-refractivity contribution in [3.63, 3.8) is 0 Å². The maximum Gasteiger partial charge on any atom is 0.0247 e. The summed E-state index contributed by atoms with van der Waals surface area (Å²) >= 11 is 1.84. The van der Waals surface area contributed by atoms with E-state index in [2.05, 4.69) is 29.5 Å². The van der Waals surface area contributed by atoms with Crippen molar-refractivity contribution in [1.29, 1.82) is 0 Å². The van der Waals surface area contributed by atoms with Crippen LogP contribution in [0.1, 0.15) is 25.0 Å². The smallest absolute Gasteiger partial charge is 0.0247 e. The Labute approximate surface area is 78.0 Å². The molecule has 0 atom stereocenters. The second-order valence-electron chi connectivity index (χ2n) is 3.74. The third-order valence-electron chi connectivity index (χ3n) is 2.61. The van der Waals surface area contributed by atoms with Gasteiger partial charge in [-0.2, -0.15) is 11.3 Å². The Bertz CT molecular complexity index is 265. The first-order chi connectivity index (χ1) is 5.77. The first-order valence-electron chi connectivity index (χ1n) is 4.55. The molecule has 2 heteroatoms. The van der Waals surface area contributed by atoms with E-state index in [9.17, 15) is 0 Å². The van der Waals surface area contributed by atoms with Crippen molar-refractivity contribution in [3.8, 4) is 0 Å². The van der Waals surface area contributed by atoms with Gasteiger partial charge in [0, 0.05) is 19.1 Å². The van der Waals surface area contributed by atoms with Gasteiger partial charge in [0.05, 0.1) is 0 Å². The van der Waals surface area contributed by atoms with E-state index < -0.39 is 0 Å². The molecule has 1 aliphatic heterocycles. The zero-order valence-corrected chi connectivity index (χ0v) is 8.53. The van der Waals surface area contributed by atoms with E-state index in [1.165, 1.54) is 13.0 Å². The summed E-state index contributed by atoms with van der Waals surface area (Å²) in [5, 5.41) is 4.59. The summed E-state index contributed by atoms with van der Waals surface area (Å²) in [4.78, 5) is 2.54. The molecule has 0 amide bonds. The van der Waals surface area contributed by atoms with Gasteiger partial charge >= 0.3 is 0 Å². The predicted octanol–water partition coefficient (Wildman–Crippen LogP) is 2.51. The van der Waals surface area contributed by atoms with Crippen LogP contribution in [-0.2, 0) is 13.0 Å². The molecule has 66 valence electrons. The average Bonchev–Trinajstić information content (AvgIpc) is 2.49. The Morgan fingerprint density at radius 1 is 1.33 bits per heavy atom. The van der Waals surface area contributed by atoms with Crippen molar-refractivity contribution in [2.45, 2.75) is 32.9 Å². The third-order valence-corrected chi connectivity index (χ3v) is 3.45. The van der Waals surface area contributed by atoms with Crippen LogP contribution in [-0.4, -0.2) is 17.5 Å². The van der Waals surface area contributed by atoms with E-state index in [4.69, 9.17) is 0 Å². The van der Waals surface area contributed by atoms with E-state index in [0.29, 0.717) is 6.04 Å². The maximum absolute atomic E-state index is 2.54. The van der Waals surface area contributed by atoms with E-state index in [1.54, 1.807) is 11.1 Å². The minimum absolute atomic E-state index is 0.693. The number of nitrogens with zero attached hydrogens (tertiary/aromatic N) is 1. The molecule has 1 nitrogen and oxygen atoms in total. The van der Waals surface area contributed by atoms with Gasteiger partial charge in [0.15, 0.2) is 0 Å². The number of rotatable bonds is 1. The lowest BCUT2D eigenvalue weighted by atomic mass is 10.0. The molecule has 0 aromatic carbocycles. The molecule has 12 heavy (non-hydrogen) atoms. The van der Waals surface area contributed by atoms with Gasteiger partial charge in [-0.15, -0.1) is 0 Å². The van der Waals surface area contributed by atoms with E-state index >= 15 is 0 Å². The Morgan fingerprint density at radius 2 is 2.08 bits per heavy atom. The van der Waals surface area contributed by atoms with Crippen molar-refractivity contribution in [1.82, 2.24) is 4.90 Å². The largest absolute Gasteiger partial charge is 0.296 e. The van der Waals surface area contributed by atoms with E-state index in [1.807, 2.05) is 11.3 Å². The van der Waals surface area contributed by atoms with Crippen LogP contribution in [0.4, 0.5) is 0 Å². The number of fused-ring (bicyclic) bond motifs is 1. The summed E-state index contributed by atoms with van der Waals surface area (Å²) in [5.41, 5.74) is 3.14. The van der Waals surface area contributed by atoms with Crippen LogP contribution in [0.3, 0.4) is 0 Å². The number of thiophene rings is 1. The Morgan fingerprint density at radius 3 is 2.83 bits per heavy atom. The monoisotopic (exact) mass is 181 g/mol. The summed E-state index contributed by atoms with van der Waals surface area (Å²) in [7, 11) is 0. The fraction of sp³-hybridized carbons (Fsp3) is 0.600. The zero-order valence-electron chi connectivity index (χ0n) is 7.71. The van der Waals surface area contributed by atoms with Gasteiger partial charge in [-0.25, -0.2) is 0 Å². The average molecular weight is 181 g/mol. The Kier molecular flexibility index (Phi) is 2.20. The van der Waals surface area contributed by atoms with Gasteiger partial charge in [0.25, 0.3) is 0 Å². The topological polar surface area (TPSA) is 3.24 Å². The number of hydrogen-bond donors (Lipinski definition) is 0. The van der Waals surface area contributed by atoms with Crippen LogP contribution in [0.2, 0.25) is 0 Å². The standard InChI is InChI=1S/C10H15NS/c1-8(2)11-4-3-9-6-12-7-10(9)5-11/h6-8H,3-5H2,1-2H3. The normalized spacial score (nSPS) is 18.2. The predicted molar refractivity (Wildman–Crippen MR) is 53.6 cm³/mol. The van der Waals surface area contributed by atoms with Gasteiger partial charge < -0.3 is 0 Å². The first kappa shape index (κ1) is 8.27. The van der Waals surface area contributed by atoms with E-state index in [-0.39, 0.29) is 0 Å². The van der Waals surface area contributed by atoms with Crippen LogP contribution in [0, 0.1) is 0 Å². The molecule has 2 rings (SSSR count). The minimum atomic E-state index is 0.693. The minimum Gasteiger partial charge on any atom is -0.296 e. The fourth-order valence-corrected chi connectivity index (χ4v) is 2.60. The molecular formula is C10H15NS. The summed E-state index contributed by atoms with van der Waals surface area (Å²) in [6.45, 7) is 6.95. The highest BCUT2D eigenvalue weighted by atomic mass is 32.1. The van der Waals surface area contributed by atoms with Gasteiger partial charge in [0.1, 0.15) is 0 Å². The summed E-state index contributed by atoms with van der Waals surface area (Å²) < 4.78 is 0. The van der Waals surface area contributed by atoms with Gasteiger partial charge in [-0.3, -0.25) is 4.90 Å². The quantitative estimate of drug-likeness (QED) is 0.643. The second-order valence-corrected chi connectivity index (χ2v) is 4.48. The molecule has 1 aromatic heterocycles.